The quantitative estimate of drug-likeness (QED) is 0.251. The Hall–Kier alpha value is -4.10. The predicted molar refractivity (Wildman–Crippen MR) is 131 cm³/mol. The Balaban J connectivity index is 1.45. The summed E-state index contributed by atoms with van der Waals surface area (Å²) in [5.74, 6) is -1.45. The Morgan fingerprint density at radius 1 is 0.914 bits per heavy atom. The Kier molecular flexibility index (Phi) is 7.48. The number of nitrogens with one attached hydrogen (secondary N) is 2. The van der Waals surface area contributed by atoms with Gasteiger partial charge in [-0.05, 0) is 48.2 Å². The van der Waals surface area contributed by atoms with E-state index in [1.165, 1.54) is 6.07 Å². The van der Waals surface area contributed by atoms with Gasteiger partial charge in [-0.15, -0.1) is 0 Å². The van der Waals surface area contributed by atoms with Crippen LogP contribution in [0.15, 0.2) is 72.8 Å². The molecule has 0 saturated heterocycles. The molecule has 4 rings (SSSR count). The molecule has 3 N–H and O–H groups in total. The third kappa shape index (κ3) is 6.28. The molecule has 6 nitrogen and oxygen atoms in total. The first kappa shape index (κ1) is 24.0. The monoisotopic (exact) mass is 472 g/mol. The number of halogens is 1. The van der Waals surface area contributed by atoms with Gasteiger partial charge in [0.1, 0.15) is 12.4 Å². The van der Waals surface area contributed by atoms with E-state index in [4.69, 9.17) is 5.11 Å². The summed E-state index contributed by atoms with van der Waals surface area (Å²) in [5, 5.41) is 14.6. The van der Waals surface area contributed by atoms with Crippen LogP contribution < -0.4 is 10.6 Å². The summed E-state index contributed by atoms with van der Waals surface area (Å²) in [4.78, 5) is 36.8. The molecule has 1 aliphatic rings. The second-order valence-corrected chi connectivity index (χ2v) is 8.37. The van der Waals surface area contributed by atoms with Crippen molar-refractivity contribution in [3.63, 3.8) is 0 Å². The highest BCUT2D eigenvalue weighted by Gasteiger charge is 2.26. The summed E-state index contributed by atoms with van der Waals surface area (Å²) in [5.41, 5.74) is 2.77. The molecule has 35 heavy (non-hydrogen) atoms. The van der Waals surface area contributed by atoms with Gasteiger partial charge >= 0.3 is 0 Å². The molecule has 3 aromatic carbocycles. The van der Waals surface area contributed by atoms with E-state index in [0.29, 0.717) is 16.7 Å². The number of carbonyl (C=O) groups is 3. The molecule has 0 bridgehead atoms. The van der Waals surface area contributed by atoms with Gasteiger partial charge in [-0.3, -0.25) is 14.4 Å². The van der Waals surface area contributed by atoms with Gasteiger partial charge in [0, 0.05) is 29.3 Å². The second kappa shape index (κ2) is 10.9. The Morgan fingerprint density at radius 3 is 2.20 bits per heavy atom. The molecule has 1 aliphatic carbocycles. The van der Waals surface area contributed by atoms with Crippen LogP contribution >= 0.6 is 0 Å². The zero-order chi connectivity index (χ0) is 24.8. The summed E-state index contributed by atoms with van der Waals surface area (Å²) in [6, 6.07) is 19.6. The number of aliphatic hydroxyl groups is 1. The third-order valence-corrected chi connectivity index (χ3v) is 5.68. The maximum atomic E-state index is 14.4. The summed E-state index contributed by atoms with van der Waals surface area (Å²) >= 11 is 0. The number of amides is 2. The van der Waals surface area contributed by atoms with Gasteiger partial charge in [-0.2, -0.15) is 0 Å². The minimum absolute atomic E-state index is 0.134. The van der Waals surface area contributed by atoms with Gasteiger partial charge in [0.2, 0.25) is 0 Å². The molecule has 0 spiro atoms. The first-order valence-electron chi connectivity index (χ1n) is 11.3. The average molecular weight is 473 g/mol. The van der Waals surface area contributed by atoms with Crippen molar-refractivity contribution in [2.75, 3.05) is 6.61 Å². The number of benzene rings is 3. The molecule has 7 heteroatoms. The topological polar surface area (TPSA) is 95.5 Å². The Labute approximate surface area is 202 Å². The molecule has 0 aromatic heterocycles. The number of Topliss-reactive ketones (excluding diaryl/α,β-unsaturated/α-hetero) is 1. The molecule has 1 fully saturated rings. The highest BCUT2D eigenvalue weighted by molar-refractivity contribution is 6.24. The van der Waals surface area contributed by atoms with Crippen LogP contribution in [0.3, 0.4) is 0 Å². The van der Waals surface area contributed by atoms with Crippen molar-refractivity contribution >= 4 is 29.2 Å². The van der Waals surface area contributed by atoms with Crippen molar-refractivity contribution < 1.29 is 23.9 Å². The van der Waals surface area contributed by atoms with Gasteiger partial charge in [-0.1, -0.05) is 54.6 Å². The fourth-order valence-electron chi connectivity index (χ4n) is 3.52. The lowest BCUT2D eigenvalue weighted by Gasteiger charge is -2.10. The molecule has 0 unspecified atom stereocenters. The van der Waals surface area contributed by atoms with E-state index in [0.717, 1.165) is 18.4 Å². The van der Waals surface area contributed by atoms with Crippen molar-refractivity contribution in [1.29, 1.82) is 0 Å². The zero-order valence-electron chi connectivity index (χ0n) is 19.0. The van der Waals surface area contributed by atoms with Crippen molar-refractivity contribution in [2.24, 2.45) is 0 Å². The number of carbonyl (C=O) groups excluding carboxylic acids is 3. The van der Waals surface area contributed by atoms with Crippen LogP contribution in [0.2, 0.25) is 0 Å². The molecule has 0 aliphatic heterocycles. The minimum Gasteiger partial charge on any atom is -0.388 e. The van der Waals surface area contributed by atoms with Crippen LogP contribution in [0.25, 0.3) is 11.6 Å². The number of aliphatic hydroxyl groups excluding tert-OH is 1. The average Bonchev–Trinajstić information content (AvgIpc) is 3.70. The highest BCUT2D eigenvalue weighted by atomic mass is 19.1. The molecular weight excluding hydrogens is 447 g/mol. The van der Waals surface area contributed by atoms with Gasteiger partial charge < -0.3 is 15.7 Å². The summed E-state index contributed by atoms with van der Waals surface area (Å²) in [6.07, 6.45) is 3.46. The molecule has 178 valence electrons. The van der Waals surface area contributed by atoms with Crippen LogP contribution in [-0.4, -0.2) is 35.4 Å². The third-order valence-electron chi connectivity index (χ3n) is 5.68. The fraction of sp³-hybridized carbons (Fsp3) is 0.179. The molecule has 0 atom stereocenters. The largest absolute Gasteiger partial charge is 0.388 e. The van der Waals surface area contributed by atoms with Crippen LogP contribution in [0.1, 0.15) is 50.2 Å². The highest BCUT2D eigenvalue weighted by Crippen LogP contribution is 2.25. The smallest absolute Gasteiger partial charge is 0.252 e. The Morgan fingerprint density at radius 2 is 1.57 bits per heavy atom. The van der Waals surface area contributed by atoms with Crippen molar-refractivity contribution in [2.45, 2.75) is 25.4 Å². The van der Waals surface area contributed by atoms with Crippen LogP contribution in [0.4, 0.5) is 4.39 Å². The van der Waals surface area contributed by atoms with E-state index in [9.17, 15) is 18.8 Å². The molecule has 0 radical (unpaired) electrons. The number of hydrogen-bond donors (Lipinski definition) is 3. The number of ketones is 1. The summed E-state index contributed by atoms with van der Waals surface area (Å²) in [6.45, 7) is -0.277. The first-order valence-corrected chi connectivity index (χ1v) is 11.3. The number of rotatable bonds is 9. The lowest BCUT2D eigenvalue weighted by Crippen LogP contribution is -2.26. The lowest BCUT2D eigenvalue weighted by molar-refractivity contribution is -0.115. The van der Waals surface area contributed by atoms with E-state index in [1.54, 1.807) is 72.8 Å². The minimum atomic E-state index is -0.547. The molecule has 1 saturated carbocycles. The van der Waals surface area contributed by atoms with Gasteiger partial charge in [0.25, 0.3) is 11.8 Å². The first-order chi connectivity index (χ1) is 16.9. The second-order valence-electron chi connectivity index (χ2n) is 8.37. The van der Waals surface area contributed by atoms with Crippen LogP contribution in [-0.2, 0) is 11.3 Å². The standard InChI is InChI=1S/C28H25FN2O4/c29-25-4-2-1-3-23(25)24(28(35)31-22-13-14-22)15-18-5-11-21(12-6-18)27(34)30-16-19-7-9-20(10-8-19)26(33)17-32/h1-12,15,22,32H,13-14,16-17H2,(H,30,34)(H,31,35)/b24-15+. The number of hydrogen-bond acceptors (Lipinski definition) is 4. The maximum Gasteiger partial charge on any atom is 0.252 e. The van der Waals surface area contributed by atoms with Crippen molar-refractivity contribution in [1.82, 2.24) is 10.6 Å². The van der Waals surface area contributed by atoms with E-state index in [-0.39, 0.29) is 41.3 Å². The van der Waals surface area contributed by atoms with Gasteiger partial charge in [0.15, 0.2) is 5.78 Å². The van der Waals surface area contributed by atoms with E-state index in [2.05, 4.69) is 10.6 Å². The van der Waals surface area contributed by atoms with E-state index < -0.39 is 12.4 Å². The van der Waals surface area contributed by atoms with Crippen molar-refractivity contribution in [3.05, 3.63) is 106 Å². The summed E-state index contributed by atoms with van der Waals surface area (Å²) in [7, 11) is 0. The normalized spacial score (nSPS) is 13.3. The Bertz CT molecular complexity index is 1260. The maximum absolute atomic E-state index is 14.4. The molecule has 2 amide bonds. The van der Waals surface area contributed by atoms with Crippen molar-refractivity contribution in [3.8, 4) is 0 Å². The van der Waals surface area contributed by atoms with E-state index >= 15 is 0 Å². The molecular formula is C28H25FN2O4. The molecule has 0 heterocycles. The zero-order valence-corrected chi connectivity index (χ0v) is 19.0. The van der Waals surface area contributed by atoms with Gasteiger partial charge in [-0.25, -0.2) is 4.39 Å². The molecule has 3 aromatic rings. The predicted octanol–water partition coefficient (Wildman–Crippen LogP) is 3.75. The van der Waals surface area contributed by atoms with Gasteiger partial charge in [0.05, 0.1) is 5.57 Å². The fourth-order valence-corrected chi connectivity index (χ4v) is 3.52. The van der Waals surface area contributed by atoms with Crippen LogP contribution in [0.5, 0.6) is 0 Å². The van der Waals surface area contributed by atoms with E-state index in [1.807, 2.05) is 0 Å². The SMILES string of the molecule is O=C(NC1CC1)/C(=C/c1ccc(C(=O)NCc2ccc(C(=O)CO)cc2)cc1)c1ccccc1F. The van der Waals surface area contributed by atoms with Crippen LogP contribution in [0, 0.1) is 5.82 Å². The lowest BCUT2D eigenvalue weighted by atomic mass is 10.0. The summed E-state index contributed by atoms with van der Waals surface area (Å²) < 4.78 is 14.4.